The van der Waals surface area contributed by atoms with Gasteiger partial charge in [0.15, 0.2) is 0 Å². The summed E-state index contributed by atoms with van der Waals surface area (Å²) in [7, 11) is 0. The van der Waals surface area contributed by atoms with Gasteiger partial charge in [0.1, 0.15) is 12.1 Å². The maximum Gasteiger partial charge on any atom is 0.329 e. The van der Waals surface area contributed by atoms with Gasteiger partial charge < -0.3 is 10.5 Å². The molecular formula is C16H21N3O2. The molecule has 1 unspecified atom stereocenters. The number of nitrogen functional groups attached to an aromatic ring is 1. The molecule has 1 saturated carbocycles. The normalized spacial score (nSPS) is 17.8. The Hall–Kier alpha value is -2.04. The van der Waals surface area contributed by atoms with Crippen LogP contribution in [0.25, 0.3) is 11.0 Å². The van der Waals surface area contributed by atoms with E-state index < -0.39 is 6.04 Å². The number of aromatic nitrogens is 2. The van der Waals surface area contributed by atoms with Gasteiger partial charge in [-0.2, -0.15) is 0 Å². The Labute approximate surface area is 124 Å². The smallest absolute Gasteiger partial charge is 0.329 e. The van der Waals surface area contributed by atoms with Gasteiger partial charge >= 0.3 is 5.97 Å². The fraction of sp³-hybridized carbons (Fsp3) is 0.500. The van der Waals surface area contributed by atoms with E-state index in [-0.39, 0.29) is 12.1 Å². The molecule has 0 aliphatic heterocycles. The Morgan fingerprint density at radius 1 is 1.33 bits per heavy atom. The Kier molecular flexibility index (Phi) is 3.82. The third-order valence-electron chi connectivity index (χ3n) is 4.19. The number of imidazole rings is 1. The molecule has 1 aromatic carbocycles. The summed E-state index contributed by atoms with van der Waals surface area (Å²) in [6.45, 7) is 1.82. The fourth-order valence-corrected chi connectivity index (χ4v) is 3.02. The lowest BCUT2D eigenvalue weighted by atomic mass is 9.98. The van der Waals surface area contributed by atoms with Gasteiger partial charge in [-0.1, -0.05) is 18.6 Å². The summed E-state index contributed by atoms with van der Waals surface area (Å²) < 4.78 is 7.39. The molecule has 3 rings (SSSR count). The van der Waals surface area contributed by atoms with E-state index in [2.05, 4.69) is 4.98 Å². The van der Waals surface area contributed by atoms with Crippen LogP contribution < -0.4 is 5.73 Å². The third kappa shape index (κ3) is 2.73. The maximum atomic E-state index is 12.4. The molecule has 1 atom stereocenters. The molecule has 112 valence electrons. The lowest BCUT2D eigenvalue weighted by molar-refractivity contribution is -0.153. The van der Waals surface area contributed by atoms with E-state index in [1.165, 1.54) is 6.42 Å². The van der Waals surface area contributed by atoms with Crippen molar-refractivity contribution in [1.82, 2.24) is 9.55 Å². The average Bonchev–Trinajstić information content (AvgIpc) is 2.83. The number of rotatable bonds is 3. The van der Waals surface area contributed by atoms with Crippen molar-refractivity contribution in [3.8, 4) is 0 Å². The van der Waals surface area contributed by atoms with Crippen LogP contribution in [0, 0.1) is 0 Å². The molecule has 0 radical (unpaired) electrons. The monoisotopic (exact) mass is 287 g/mol. The maximum absolute atomic E-state index is 12.4. The molecule has 2 N–H and O–H groups in total. The van der Waals surface area contributed by atoms with E-state index in [1.54, 1.807) is 4.57 Å². The minimum absolute atomic E-state index is 0.0599. The molecule has 1 heterocycles. The van der Waals surface area contributed by atoms with Crippen LogP contribution in [-0.4, -0.2) is 21.6 Å². The van der Waals surface area contributed by atoms with Crippen molar-refractivity contribution in [2.45, 2.75) is 51.2 Å². The van der Waals surface area contributed by atoms with E-state index in [1.807, 2.05) is 31.2 Å². The number of carbonyl (C=O) groups excluding carboxylic acids is 1. The fourth-order valence-electron chi connectivity index (χ4n) is 3.02. The number of nitrogens with two attached hydrogens (primary N) is 1. The Balaban J connectivity index is 1.81. The topological polar surface area (TPSA) is 70.1 Å². The molecule has 0 amide bonds. The summed E-state index contributed by atoms with van der Waals surface area (Å²) >= 11 is 0. The molecule has 1 aromatic heterocycles. The predicted octanol–water partition coefficient (Wildman–Crippen LogP) is 3.06. The summed E-state index contributed by atoms with van der Waals surface area (Å²) in [6, 6.07) is 7.17. The molecule has 0 spiro atoms. The lowest BCUT2D eigenvalue weighted by Crippen LogP contribution is -2.27. The highest BCUT2D eigenvalue weighted by molar-refractivity contribution is 5.83. The van der Waals surface area contributed by atoms with Crippen LogP contribution in [0.5, 0.6) is 0 Å². The Morgan fingerprint density at radius 3 is 2.81 bits per heavy atom. The number of anilines is 1. The second-order valence-corrected chi connectivity index (χ2v) is 5.70. The van der Waals surface area contributed by atoms with Crippen molar-refractivity contribution < 1.29 is 9.53 Å². The van der Waals surface area contributed by atoms with Crippen molar-refractivity contribution >= 4 is 23.0 Å². The van der Waals surface area contributed by atoms with E-state index in [0.717, 1.165) is 36.7 Å². The first-order valence-corrected chi connectivity index (χ1v) is 7.60. The van der Waals surface area contributed by atoms with Crippen molar-refractivity contribution in [3.05, 3.63) is 24.3 Å². The molecule has 1 aliphatic rings. The molecule has 0 saturated heterocycles. The van der Waals surface area contributed by atoms with Crippen LogP contribution in [0.1, 0.15) is 45.1 Å². The van der Waals surface area contributed by atoms with Crippen LogP contribution >= 0.6 is 0 Å². The zero-order valence-electron chi connectivity index (χ0n) is 12.3. The van der Waals surface area contributed by atoms with Crippen LogP contribution in [0.15, 0.2) is 24.3 Å². The number of benzene rings is 1. The number of hydrogen-bond donors (Lipinski definition) is 1. The molecule has 5 nitrogen and oxygen atoms in total. The van der Waals surface area contributed by atoms with E-state index in [4.69, 9.17) is 10.5 Å². The number of hydrogen-bond acceptors (Lipinski definition) is 4. The van der Waals surface area contributed by atoms with Gasteiger partial charge in [-0.25, -0.2) is 9.78 Å². The van der Waals surface area contributed by atoms with E-state index >= 15 is 0 Å². The number of ether oxygens (including phenoxy) is 1. The van der Waals surface area contributed by atoms with Crippen LogP contribution in [-0.2, 0) is 9.53 Å². The summed E-state index contributed by atoms with van der Waals surface area (Å²) in [5.41, 5.74) is 7.63. The van der Waals surface area contributed by atoms with Crippen molar-refractivity contribution in [2.24, 2.45) is 0 Å². The molecule has 5 heteroatoms. The number of fused-ring (bicyclic) bond motifs is 1. The third-order valence-corrected chi connectivity index (χ3v) is 4.19. The highest BCUT2D eigenvalue weighted by atomic mass is 16.5. The second kappa shape index (κ2) is 5.76. The predicted molar refractivity (Wildman–Crippen MR) is 81.8 cm³/mol. The van der Waals surface area contributed by atoms with Gasteiger partial charge in [0.2, 0.25) is 5.95 Å². The first-order valence-electron chi connectivity index (χ1n) is 7.60. The second-order valence-electron chi connectivity index (χ2n) is 5.70. The summed E-state index contributed by atoms with van der Waals surface area (Å²) in [4.78, 5) is 16.7. The summed E-state index contributed by atoms with van der Waals surface area (Å²) in [5.74, 6) is 0.126. The molecule has 0 bridgehead atoms. The van der Waals surface area contributed by atoms with Gasteiger partial charge in [-0.05, 0) is 44.7 Å². The number of carbonyl (C=O) groups is 1. The molecule has 2 aromatic rings. The quantitative estimate of drug-likeness (QED) is 0.881. The Bertz CT molecular complexity index is 644. The van der Waals surface area contributed by atoms with Crippen molar-refractivity contribution in [3.63, 3.8) is 0 Å². The van der Waals surface area contributed by atoms with Crippen LogP contribution in [0.3, 0.4) is 0 Å². The highest BCUT2D eigenvalue weighted by Gasteiger charge is 2.25. The zero-order valence-corrected chi connectivity index (χ0v) is 12.3. The van der Waals surface area contributed by atoms with E-state index in [0.29, 0.717) is 5.95 Å². The molecular weight excluding hydrogens is 266 g/mol. The summed E-state index contributed by atoms with van der Waals surface area (Å²) in [5, 5.41) is 0. The van der Waals surface area contributed by atoms with Crippen molar-refractivity contribution in [1.29, 1.82) is 0 Å². The van der Waals surface area contributed by atoms with Gasteiger partial charge in [-0.3, -0.25) is 4.57 Å². The first-order chi connectivity index (χ1) is 10.2. The average molecular weight is 287 g/mol. The van der Waals surface area contributed by atoms with Gasteiger partial charge in [-0.15, -0.1) is 0 Å². The first kappa shape index (κ1) is 13.9. The number of esters is 1. The van der Waals surface area contributed by atoms with Gasteiger partial charge in [0.05, 0.1) is 11.0 Å². The van der Waals surface area contributed by atoms with Gasteiger partial charge in [0.25, 0.3) is 0 Å². The van der Waals surface area contributed by atoms with Crippen LogP contribution in [0.4, 0.5) is 5.95 Å². The van der Waals surface area contributed by atoms with Crippen molar-refractivity contribution in [2.75, 3.05) is 5.73 Å². The number of nitrogens with zero attached hydrogens (tertiary/aromatic N) is 2. The van der Waals surface area contributed by atoms with E-state index in [9.17, 15) is 4.79 Å². The Morgan fingerprint density at radius 2 is 2.05 bits per heavy atom. The molecule has 1 fully saturated rings. The standard InChI is InChI=1S/C16H21N3O2/c1-11(15(20)21-12-7-3-2-4-8-12)19-14-10-6-5-9-13(14)18-16(19)17/h5-6,9-12H,2-4,7-8H2,1H3,(H2,17,18). The minimum atomic E-state index is -0.459. The zero-order chi connectivity index (χ0) is 14.8. The highest BCUT2D eigenvalue weighted by Crippen LogP contribution is 2.26. The molecule has 21 heavy (non-hydrogen) atoms. The summed E-state index contributed by atoms with van der Waals surface area (Å²) in [6.07, 6.45) is 5.52. The largest absolute Gasteiger partial charge is 0.461 e. The SMILES string of the molecule is CC(C(=O)OC1CCCCC1)n1c(N)nc2ccccc21. The van der Waals surface area contributed by atoms with Crippen LogP contribution in [0.2, 0.25) is 0 Å². The minimum Gasteiger partial charge on any atom is -0.461 e. The van der Waals surface area contributed by atoms with Gasteiger partial charge in [0, 0.05) is 0 Å². The lowest BCUT2D eigenvalue weighted by Gasteiger charge is -2.24. The number of para-hydroxylation sites is 2. The molecule has 1 aliphatic carbocycles.